The summed E-state index contributed by atoms with van der Waals surface area (Å²) in [5.41, 5.74) is 10.6. The Bertz CT molecular complexity index is 643. The van der Waals surface area contributed by atoms with Gasteiger partial charge >= 0.3 is 0 Å². The molecule has 1 aromatic heterocycles. The fourth-order valence-corrected chi connectivity index (χ4v) is 3.21. The number of nitrogens with zero attached hydrogens (tertiary/aromatic N) is 4. The lowest BCUT2D eigenvalue weighted by Crippen LogP contribution is -2.31. The second-order valence-electron chi connectivity index (χ2n) is 6.95. The highest BCUT2D eigenvalue weighted by Crippen LogP contribution is 2.29. The Balaban J connectivity index is 1.72. The third kappa shape index (κ3) is 3.20. The van der Waals surface area contributed by atoms with Crippen molar-refractivity contribution >= 4 is 0 Å². The van der Waals surface area contributed by atoms with E-state index < -0.39 is 0 Å². The lowest BCUT2D eigenvalue weighted by Gasteiger charge is -2.21. The zero-order chi connectivity index (χ0) is 15.7. The molecule has 1 atom stereocenters. The molecule has 5 heteroatoms. The Morgan fingerprint density at radius 3 is 2.59 bits per heavy atom. The van der Waals surface area contributed by atoms with Crippen molar-refractivity contribution < 1.29 is 0 Å². The summed E-state index contributed by atoms with van der Waals surface area (Å²) in [7, 11) is 0. The van der Waals surface area contributed by atoms with Crippen LogP contribution in [0.1, 0.15) is 30.2 Å². The highest BCUT2D eigenvalue weighted by Gasteiger charge is 2.32. The zero-order valence-corrected chi connectivity index (χ0v) is 13.7. The van der Waals surface area contributed by atoms with Crippen LogP contribution in [-0.2, 0) is 6.54 Å². The molecular weight excluding hydrogens is 274 g/mol. The molecule has 2 aromatic rings. The van der Waals surface area contributed by atoms with E-state index in [1.54, 1.807) is 4.80 Å². The second-order valence-corrected chi connectivity index (χ2v) is 6.95. The van der Waals surface area contributed by atoms with Gasteiger partial charge in [-0.25, -0.2) is 0 Å². The summed E-state index contributed by atoms with van der Waals surface area (Å²) in [6.45, 7) is 10.2. The number of rotatable bonds is 4. The van der Waals surface area contributed by atoms with Crippen LogP contribution in [0, 0.1) is 19.3 Å². The fourth-order valence-electron chi connectivity index (χ4n) is 3.21. The number of aryl methyl sites for hydroxylation is 2. The SMILES string of the molecule is Cc1cc(C)cc(-n2ncc(CN3CCC(C)(CN)C3)n2)c1. The first kappa shape index (κ1) is 15.2. The topological polar surface area (TPSA) is 60.0 Å². The normalized spacial score (nSPS) is 22.4. The first-order valence-electron chi connectivity index (χ1n) is 7.90. The molecule has 0 saturated carbocycles. The summed E-state index contributed by atoms with van der Waals surface area (Å²) in [5, 5.41) is 9.05. The van der Waals surface area contributed by atoms with E-state index in [1.165, 1.54) is 11.1 Å². The molecule has 0 aliphatic carbocycles. The number of aromatic nitrogens is 3. The van der Waals surface area contributed by atoms with Gasteiger partial charge in [0.2, 0.25) is 0 Å². The van der Waals surface area contributed by atoms with Crippen molar-refractivity contribution in [2.45, 2.75) is 33.7 Å². The quantitative estimate of drug-likeness (QED) is 0.938. The average Bonchev–Trinajstić information content (AvgIpc) is 3.06. The van der Waals surface area contributed by atoms with E-state index in [-0.39, 0.29) is 5.41 Å². The van der Waals surface area contributed by atoms with Crippen molar-refractivity contribution in [2.75, 3.05) is 19.6 Å². The summed E-state index contributed by atoms with van der Waals surface area (Å²) >= 11 is 0. The van der Waals surface area contributed by atoms with Crippen LogP contribution in [0.3, 0.4) is 0 Å². The predicted molar refractivity (Wildman–Crippen MR) is 87.9 cm³/mol. The number of hydrogen-bond donors (Lipinski definition) is 1. The minimum Gasteiger partial charge on any atom is -0.330 e. The van der Waals surface area contributed by atoms with Gasteiger partial charge in [0.05, 0.1) is 17.6 Å². The van der Waals surface area contributed by atoms with Gasteiger partial charge in [0, 0.05) is 13.1 Å². The molecule has 118 valence electrons. The van der Waals surface area contributed by atoms with Crippen LogP contribution < -0.4 is 5.73 Å². The Morgan fingerprint density at radius 2 is 1.95 bits per heavy atom. The average molecular weight is 299 g/mol. The van der Waals surface area contributed by atoms with Gasteiger partial charge in [0.15, 0.2) is 0 Å². The number of benzene rings is 1. The Labute approximate surface area is 132 Å². The van der Waals surface area contributed by atoms with Crippen LogP contribution in [0.5, 0.6) is 0 Å². The van der Waals surface area contributed by atoms with E-state index >= 15 is 0 Å². The lowest BCUT2D eigenvalue weighted by molar-refractivity contribution is 0.271. The fraction of sp³-hybridized carbons (Fsp3) is 0.529. The lowest BCUT2D eigenvalue weighted by atomic mass is 9.90. The Kier molecular flexibility index (Phi) is 4.02. The first-order valence-corrected chi connectivity index (χ1v) is 7.90. The molecule has 5 nitrogen and oxygen atoms in total. The third-order valence-corrected chi connectivity index (χ3v) is 4.49. The van der Waals surface area contributed by atoms with E-state index in [4.69, 9.17) is 5.73 Å². The summed E-state index contributed by atoms with van der Waals surface area (Å²) < 4.78 is 0. The first-order chi connectivity index (χ1) is 10.5. The van der Waals surface area contributed by atoms with Crippen LogP contribution >= 0.6 is 0 Å². The summed E-state index contributed by atoms with van der Waals surface area (Å²) in [6.07, 6.45) is 3.03. The van der Waals surface area contributed by atoms with Crippen LogP contribution in [0.25, 0.3) is 5.69 Å². The largest absolute Gasteiger partial charge is 0.330 e. The number of hydrogen-bond acceptors (Lipinski definition) is 4. The van der Waals surface area contributed by atoms with E-state index in [2.05, 4.69) is 54.1 Å². The van der Waals surface area contributed by atoms with Crippen LogP contribution in [0.4, 0.5) is 0 Å². The number of likely N-dealkylation sites (tertiary alicyclic amines) is 1. The van der Waals surface area contributed by atoms with Gasteiger partial charge in [-0.05, 0) is 62.0 Å². The van der Waals surface area contributed by atoms with E-state index in [0.717, 1.165) is 44.0 Å². The molecule has 1 fully saturated rings. The van der Waals surface area contributed by atoms with Crippen molar-refractivity contribution in [1.29, 1.82) is 0 Å². The summed E-state index contributed by atoms with van der Waals surface area (Å²) in [5.74, 6) is 0. The molecule has 2 heterocycles. The Hall–Kier alpha value is -1.72. The van der Waals surface area contributed by atoms with Gasteiger partial charge in [-0.3, -0.25) is 4.90 Å². The smallest absolute Gasteiger partial charge is 0.0971 e. The molecule has 0 radical (unpaired) electrons. The van der Waals surface area contributed by atoms with Crippen molar-refractivity contribution in [1.82, 2.24) is 19.9 Å². The monoisotopic (exact) mass is 299 g/mol. The Morgan fingerprint density at radius 1 is 1.23 bits per heavy atom. The minimum atomic E-state index is 0.254. The van der Waals surface area contributed by atoms with Gasteiger partial charge in [-0.15, -0.1) is 0 Å². The molecule has 0 amide bonds. The third-order valence-electron chi connectivity index (χ3n) is 4.49. The molecule has 1 unspecified atom stereocenters. The van der Waals surface area contributed by atoms with Gasteiger partial charge in [0.25, 0.3) is 0 Å². The molecule has 1 saturated heterocycles. The number of nitrogens with two attached hydrogens (primary N) is 1. The van der Waals surface area contributed by atoms with Gasteiger partial charge in [-0.1, -0.05) is 13.0 Å². The van der Waals surface area contributed by atoms with Crippen molar-refractivity contribution in [3.05, 3.63) is 41.2 Å². The van der Waals surface area contributed by atoms with Crippen LogP contribution in [-0.4, -0.2) is 39.5 Å². The van der Waals surface area contributed by atoms with E-state index in [1.807, 2.05) is 6.20 Å². The van der Waals surface area contributed by atoms with Crippen molar-refractivity contribution in [3.63, 3.8) is 0 Å². The molecule has 0 spiro atoms. The zero-order valence-electron chi connectivity index (χ0n) is 13.7. The molecule has 1 aromatic carbocycles. The van der Waals surface area contributed by atoms with E-state index in [9.17, 15) is 0 Å². The molecule has 1 aliphatic rings. The highest BCUT2D eigenvalue weighted by molar-refractivity contribution is 5.37. The maximum absolute atomic E-state index is 5.87. The molecule has 0 bridgehead atoms. The molecule has 2 N–H and O–H groups in total. The maximum Gasteiger partial charge on any atom is 0.0971 e. The molecule has 1 aliphatic heterocycles. The minimum absolute atomic E-state index is 0.254. The van der Waals surface area contributed by atoms with E-state index in [0.29, 0.717) is 0 Å². The summed E-state index contributed by atoms with van der Waals surface area (Å²) in [6, 6.07) is 6.38. The van der Waals surface area contributed by atoms with Gasteiger partial charge in [-0.2, -0.15) is 15.0 Å². The standard InChI is InChI=1S/C17H25N5/c1-13-6-14(2)8-16(7-13)22-19-9-15(20-22)10-21-5-4-17(3,11-18)12-21/h6-9H,4-5,10-12,18H2,1-3H3. The molecule has 3 rings (SSSR count). The highest BCUT2D eigenvalue weighted by atomic mass is 15.5. The van der Waals surface area contributed by atoms with Gasteiger partial charge in [0.1, 0.15) is 0 Å². The molecule has 22 heavy (non-hydrogen) atoms. The van der Waals surface area contributed by atoms with Crippen LogP contribution in [0.2, 0.25) is 0 Å². The van der Waals surface area contributed by atoms with Crippen molar-refractivity contribution in [3.8, 4) is 5.69 Å². The maximum atomic E-state index is 5.87. The van der Waals surface area contributed by atoms with Crippen molar-refractivity contribution in [2.24, 2.45) is 11.1 Å². The predicted octanol–water partition coefficient (Wildman–Crippen LogP) is 2.05. The second kappa shape index (κ2) is 5.82. The summed E-state index contributed by atoms with van der Waals surface area (Å²) in [4.78, 5) is 4.15. The van der Waals surface area contributed by atoms with Gasteiger partial charge < -0.3 is 5.73 Å². The molecular formula is C17H25N5. The van der Waals surface area contributed by atoms with Crippen LogP contribution in [0.15, 0.2) is 24.4 Å².